The second kappa shape index (κ2) is 4.96. The molecule has 1 amide bonds. The summed E-state index contributed by atoms with van der Waals surface area (Å²) in [6, 6.07) is 5.72. The number of carbonyl (C=O) groups excluding carboxylic acids is 1. The second-order valence-electron chi connectivity index (χ2n) is 5.14. The van der Waals surface area contributed by atoms with Crippen molar-refractivity contribution >= 4 is 43.9 Å². The third-order valence-corrected chi connectivity index (χ3v) is 5.25. The van der Waals surface area contributed by atoms with Crippen LogP contribution in [-0.4, -0.2) is 27.2 Å². The number of carbonyl (C=O) groups is 1. The van der Waals surface area contributed by atoms with Gasteiger partial charge in [-0.05, 0) is 25.1 Å². The fourth-order valence-corrected chi connectivity index (χ4v) is 4.21. The van der Waals surface area contributed by atoms with E-state index < -0.39 is 0 Å². The molecule has 112 valence electrons. The van der Waals surface area contributed by atoms with E-state index in [1.165, 1.54) is 11.3 Å². The maximum Gasteiger partial charge on any atom is 0.264 e. The quantitative estimate of drug-likeness (QED) is 0.574. The van der Waals surface area contributed by atoms with Gasteiger partial charge < -0.3 is 9.32 Å². The Labute approximate surface area is 134 Å². The smallest absolute Gasteiger partial charge is 0.264 e. The Morgan fingerprint density at radius 1 is 1.45 bits per heavy atom. The number of hydrogen-bond donors (Lipinski definition) is 0. The highest BCUT2D eigenvalue weighted by Gasteiger charge is 2.19. The summed E-state index contributed by atoms with van der Waals surface area (Å²) in [5, 5.41) is 1.99. The molecule has 4 aromatic heterocycles. The van der Waals surface area contributed by atoms with Gasteiger partial charge >= 0.3 is 0 Å². The molecule has 4 rings (SSSR count). The van der Waals surface area contributed by atoms with Gasteiger partial charge in [0.25, 0.3) is 5.91 Å². The molecule has 0 radical (unpaired) electrons. The summed E-state index contributed by atoms with van der Waals surface area (Å²) in [6.45, 7) is 2.36. The predicted molar refractivity (Wildman–Crippen MR) is 87.7 cm³/mol. The minimum atomic E-state index is -0.0129. The topological polar surface area (TPSA) is 50.8 Å². The average molecular weight is 331 g/mol. The molecule has 7 heteroatoms. The van der Waals surface area contributed by atoms with Crippen molar-refractivity contribution in [1.82, 2.24) is 14.3 Å². The zero-order valence-electron chi connectivity index (χ0n) is 12.1. The largest absolute Gasteiger partial charge is 0.464 e. The van der Waals surface area contributed by atoms with Crippen LogP contribution < -0.4 is 0 Å². The zero-order chi connectivity index (χ0) is 15.3. The van der Waals surface area contributed by atoms with E-state index in [1.807, 2.05) is 41.1 Å². The first kappa shape index (κ1) is 13.5. The number of aryl methyl sites for hydroxylation is 1. The van der Waals surface area contributed by atoms with Gasteiger partial charge in [0.2, 0.25) is 0 Å². The summed E-state index contributed by atoms with van der Waals surface area (Å²) in [5.41, 5.74) is 0.992. The van der Waals surface area contributed by atoms with E-state index in [0.29, 0.717) is 11.4 Å². The Morgan fingerprint density at radius 2 is 2.32 bits per heavy atom. The number of thiophene rings is 1. The molecule has 0 saturated carbocycles. The summed E-state index contributed by atoms with van der Waals surface area (Å²) >= 11 is 3.03. The Kier molecular flexibility index (Phi) is 3.05. The van der Waals surface area contributed by atoms with Crippen LogP contribution >= 0.6 is 22.7 Å². The first-order valence-electron chi connectivity index (χ1n) is 6.78. The van der Waals surface area contributed by atoms with Crippen LogP contribution in [0.15, 0.2) is 34.2 Å². The number of amides is 1. The molecule has 0 aliphatic rings. The lowest BCUT2D eigenvalue weighted by Crippen LogP contribution is -2.25. The molecule has 5 nitrogen and oxygen atoms in total. The maximum atomic E-state index is 12.6. The lowest BCUT2D eigenvalue weighted by Gasteiger charge is -2.14. The number of nitrogens with zero attached hydrogens (tertiary/aromatic N) is 3. The van der Waals surface area contributed by atoms with Crippen LogP contribution in [0.25, 0.3) is 15.3 Å². The highest BCUT2D eigenvalue weighted by molar-refractivity contribution is 7.21. The third kappa shape index (κ3) is 2.13. The zero-order valence-corrected chi connectivity index (χ0v) is 13.7. The summed E-state index contributed by atoms with van der Waals surface area (Å²) in [4.78, 5) is 21.3. The van der Waals surface area contributed by atoms with Crippen LogP contribution in [0.5, 0.6) is 0 Å². The van der Waals surface area contributed by atoms with E-state index in [0.717, 1.165) is 26.8 Å². The van der Waals surface area contributed by atoms with Crippen molar-refractivity contribution in [3.05, 3.63) is 46.2 Å². The Balaban J connectivity index is 1.62. The van der Waals surface area contributed by atoms with Gasteiger partial charge in [0, 0.05) is 18.6 Å². The van der Waals surface area contributed by atoms with Gasteiger partial charge in [-0.25, -0.2) is 4.98 Å². The average Bonchev–Trinajstić information content (AvgIpc) is 3.19. The first-order valence-corrected chi connectivity index (χ1v) is 8.47. The number of thiazole rings is 1. The van der Waals surface area contributed by atoms with Crippen LogP contribution in [0, 0.1) is 6.92 Å². The van der Waals surface area contributed by atoms with Crippen molar-refractivity contribution in [2.45, 2.75) is 13.5 Å². The summed E-state index contributed by atoms with van der Waals surface area (Å²) in [5.74, 6) is 1.63. The molecule has 0 saturated heterocycles. The van der Waals surface area contributed by atoms with E-state index in [-0.39, 0.29) is 5.91 Å². The fraction of sp³-hybridized carbons (Fsp3) is 0.200. The van der Waals surface area contributed by atoms with Gasteiger partial charge in [0.15, 0.2) is 4.96 Å². The molecule has 0 unspecified atom stereocenters. The SMILES string of the molecule is Cc1ccc(CN(C)C(=O)c2cc3c(nc4sccn43)s2)o1. The molecule has 0 spiro atoms. The number of imidazole rings is 1. The van der Waals surface area contributed by atoms with Crippen LogP contribution in [0.1, 0.15) is 21.2 Å². The third-order valence-electron chi connectivity index (χ3n) is 3.49. The van der Waals surface area contributed by atoms with Gasteiger partial charge in [-0.3, -0.25) is 9.20 Å². The minimum absolute atomic E-state index is 0.0129. The molecular weight excluding hydrogens is 318 g/mol. The number of furan rings is 1. The van der Waals surface area contributed by atoms with Crippen molar-refractivity contribution in [3.63, 3.8) is 0 Å². The van der Waals surface area contributed by atoms with Crippen molar-refractivity contribution < 1.29 is 9.21 Å². The molecule has 0 N–H and O–H groups in total. The fourth-order valence-electron chi connectivity index (χ4n) is 2.42. The Morgan fingerprint density at radius 3 is 3.09 bits per heavy atom. The van der Waals surface area contributed by atoms with Gasteiger partial charge in [-0.15, -0.1) is 22.7 Å². The van der Waals surface area contributed by atoms with Crippen molar-refractivity contribution in [1.29, 1.82) is 0 Å². The molecular formula is C15H13N3O2S2. The van der Waals surface area contributed by atoms with E-state index in [2.05, 4.69) is 4.98 Å². The van der Waals surface area contributed by atoms with E-state index in [4.69, 9.17) is 4.42 Å². The molecule has 4 aromatic rings. The molecule has 22 heavy (non-hydrogen) atoms. The second-order valence-corrected chi connectivity index (χ2v) is 7.05. The monoisotopic (exact) mass is 331 g/mol. The van der Waals surface area contributed by atoms with Crippen molar-refractivity contribution in [3.8, 4) is 0 Å². The predicted octanol–water partition coefficient (Wildman–Crippen LogP) is 3.78. The Hall–Kier alpha value is -2.12. The Bertz CT molecular complexity index is 975. The number of fused-ring (bicyclic) bond motifs is 3. The molecule has 0 bridgehead atoms. The molecule has 0 aliphatic carbocycles. The molecule has 0 aliphatic heterocycles. The summed E-state index contributed by atoms with van der Waals surface area (Å²) in [6.07, 6.45) is 1.98. The normalized spacial score (nSPS) is 11.5. The van der Waals surface area contributed by atoms with Crippen molar-refractivity contribution in [2.75, 3.05) is 7.05 Å². The van der Waals surface area contributed by atoms with Gasteiger partial charge in [0.1, 0.15) is 16.4 Å². The van der Waals surface area contributed by atoms with E-state index in [1.54, 1.807) is 23.3 Å². The minimum Gasteiger partial charge on any atom is -0.464 e. The highest BCUT2D eigenvalue weighted by Crippen LogP contribution is 2.29. The lowest BCUT2D eigenvalue weighted by molar-refractivity contribution is 0.0780. The lowest BCUT2D eigenvalue weighted by atomic mass is 10.3. The van der Waals surface area contributed by atoms with Crippen LogP contribution in [0.4, 0.5) is 0 Å². The van der Waals surface area contributed by atoms with Gasteiger partial charge in [-0.1, -0.05) is 0 Å². The standard InChI is InChI=1S/C15H13N3O2S2/c1-9-3-4-10(20-9)8-17(2)14(19)12-7-11-13(22-12)16-15-18(11)5-6-21-15/h3-7H,8H2,1-2H3. The van der Waals surface area contributed by atoms with Gasteiger partial charge in [0.05, 0.1) is 16.9 Å². The van der Waals surface area contributed by atoms with E-state index >= 15 is 0 Å². The van der Waals surface area contributed by atoms with Gasteiger partial charge in [-0.2, -0.15) is 0 Å². The molecule has 0 atom stereocenters. The maximum absolute atomic E-state index is 12.6. The van der Waals surface area contributed by atoms with Crippen LogP contribution in [0.2, 0.25) is 0 Å². The molecule has 4 heterocycles. The highest BCUT2D eigenvalue weighted by atomic mass is 32.1. The number of hydrogen-bond acceptors (Lipinski definition) is 5. The van der Waals surface area contributed by atoms with E-state index in [9.17, 15) is 4.79 Å². The first-order chi connectivity index (χ1) is 10.6. The van der Waals surface area contributed by atoms with Crippen LogP contribution in [0.3, 0.4) is 0 Å². The van der Waals surface area contributed by atoms with Crippen LogP contribution in [-0.2, 0) is 6.54 Å². The van der Waals surface area contributed by atoms with Crippen molar-refractivity contribution in [2.24, 2.45) is 0 Å². The molecule has 0 aromatic carbocycles. The summed E-state index contributed by atoms with van der Waals surface area (Å²) in [7, 11) is 1.78. The molecule has 0 fully saturated rings. The number of rotatable bonds is 3. The number of aromatic nitrogens is 2. The summed E-state index contributed by atoms with van der Waals surface area (Å²) < 4.78 is 7.54.